The van der Waals surface area contributed by atoms with E-state index in [0.29, 0.717) is 0 Å². The van der Waals surface area contributed by atoms with Gasteiger partial charge in [0.15, 0.2) is 0 Å². The number of nitrogens with one attached hydrogen (secondary N) is 2. The van der Waals surface area contributed by atoms with Crippen LogP contribution in [0.2, 0.25) is 0 Å². The Morgan fingerprint density at radius 1 is 0.769 bits per heavy atom. The Morgan fingerprint density at radius 3 is 2.38 bits per heavy atom. The molecule has 8 bridgehead atoms. The third-order valence-electron chi connectivity index (χ3n) is 7.34. The van der Waals surface area contributed by atoms with Crippen molar-refractivity contribution in [1.29, 1.82) is 0 Å². The molecule has 6 nitrogen and oxygen atoms in total. The average Bonchev–Trinajstić information content (AvgIpc) is 3.79. The van der Waals surface area contributed by atoms with E-state index in [-0.39, 0.29) is 0 Å². The molecule has 0 atom stereocenters. The van der Waals surface area contributed by atoms with E-state index in [4.69, 9.17) is 9.98 Å². The molecule has 2 aromatic rings. The molecule has 5 aliphatic rings. The number of hydrogen-bond acceptors (Lipinski definition) is 4. The van der Waals surface area contributed by atoms with Crippen molar-refractivity contribution in [3.8, 4) is 0 Å². The third-order valence-corrected chi connectivity index (χ3v) is 7.34. The van der Waals surface area contributed by atoms with E-state index in [1.54, 1.807) is 0 Å². The summed E-state index contributed by atoms with van der Waals surface area (Å²) in [4.78, 5) is 22.0. The van der Waals surface area contributed by atoms with E-state index in [2.05, 4.69) is 131 Å². The average molecular weight is 510 g/mol. The molecule has 190 valence electrons. The molecule has 1 aromatic heterocycles. The molecule has 7 rings (SSSR count). The minimum Gasteiger partial charge on any atom is -0.355 e. The van der Waals surface area contributed by atoms with Crippen LogP contribution < -0.4 is 4.99 Å². The van der Waals surface area contributed by atoms with Crippen LogP contribution in [0.1, 0.15) is 30.8 Å². The van der Waals surface area contributed by atoms with Gasteiger partial charge in [-0.1, -0.05) is 30.3 Å². The third kappa shape index (κ3) is 4.10. The molecule has 2 N–H and O–H groups in total. The van der Waals surface area contributed by atoms with Gasteiger partial charge in [0.2, 0.25) is 11.4 Å². The van der Waals surface area contributed by atoms with Gasteiger partial charge in [-0.05, 0) is 61.9 Å². The van der Waals surface area contributed by atoms with Crippen molar-refractivity contribution in [3.63, 3.8) is 0 Å². The maximum Gasteiger partial charge on any atom is 0.217 e. The Labute approximate surface area is 228 Å². The fourth-order valence-corrected chi connectivity index (χ4v) is 5.48. The van der Waals surface area contributed by atoms with Gasteiger partial charge in [0, 0.05) is 60.7 Å². The van der Waals surface area contributed by atoms with Gasteiger partial charge in [0.05, 0.1) is 22.8 Å². The highest BCUT2D eigenvalue weighted by Crippen LogP contribution is 2.32. The Balaban J connectivity index is 1.45. The van der Waals surface area contributed by atoms with Crippen LogP contribution in [0.4, 0.5) is 0 Å². The summed E-state index contributed by atoms with van der Waals surface area (Å²) in [5.74, 6) is 1.14. The lowest BCUT2D eigenvalue weighted by Crippen LogP contribution is -2.68. The van der Waals surface area contributed by atoms with E-state index in [0.717, 1.165) is 81.2 Å². The van der Waals surface area contributed by atoms with Gasteiger partial charge in [-0.25, -0.2) is 15.0 Å². The number of H-pyrrole nitrogens is 1. The lowest BCUT2D eigenvalue weighted by atomic mass is 10.0. The highest BCUT2D eigenvalue weighted by Gasteiger charge is 2.32. The molecule has 6 heterocycles. The van der Waals surface area contributed by atoms with Gasteiger partial charge in [-0.15, -0.1) is 0 Å². The SMILES string of the molecule is CCN1C=CN(CC)C1=C1C2=NC(=Cc3ccc([nH]3)C(c3ccccc3)=C3C=CC(=N3)C=C3C=CC1=[NH+]3)C=C2. The fourth-order valence-electron chi connectivity index (χ4n) is 5.48. The molecule has 0 radical (unpaired) electrons. The van der Waals surface area contributed by atoms with E-state index in [1.807, 2.05) is 6.07 Å². The summed E-state index contributed by atoms with van der Waals surface area (Å²) >= 11 is 0. The minimum absolute atomic E-state index is 0.872. The Morgan fingerprint density at radius 2 is 1.59 bits per heavy atom. The zero-order valence-electron chi connectivity index (χ0n) is 22.0. The number of aromatic amines is 1. The summed E-state index contributed by atoms with van der Waals surface area (Å²) in [5, 5.41) is 0. The summed E-state index contributed by atoms with van der Waals surface area (Å²) in [6.45, 7) is 6.09. The number of aromatic nitrogens is 1. The zero-order chi connectivity index (χ0) is 26.3. The summed E-state index contributed by atoms with van der Waals surface area (Å²) < 4.78 is 0. The fraction of sp³-hybridized carbons (Fsp3) is 0.121. The Hall–Kier alpha value is -4.97. The monoisotopic (exact) mass is 509 g/mol. The number of nitrogens with zero attached hydrogens (tertiary/aromatic N) is 4. The van der Waals surface area contributed by atoms with Crippen LogP contribution in [0.3, 0.4) is 0 Å². The van der Waals surface area contributed by atoms with E-state index < -0.39 is 0 Å². The molecule has 5 aliphatic heterocycles. The predicted octanol–water partition coefficient (Wildman–Crippen LogP) is 4.47. The number of aliphatic imine (C=N–C) groups is 2. The summed E-state index contributed by atoms with van der Waals surface area (Å²) in [6, 6.07) is 14.7. The quantitative estimate of drug-likeness (QED) is 0.642. The predicted molar refractivity (Wildman–Crippen MR) is 159 cm³/mol. The highest BCUT2D eigenvalue weighted by molar-refractivity contribution is 6.31. The second-order valence-corrected chi connectivity index (χ2v) is 9.76. The zero-order valence-corrected chi connectivity index (χ0v) is 22.0. The van der Waals surface area contributed by atoms with Crippen LogP contribution in [0.25, 0.3) is 11.6 Å². The van der Waals surface area contributed by atoms with Crippen LogP contribution >= 0.6 is 0 Å². The molecule has 0 saturated carbocycles. The summed E-state index contributed by atoms with van der Waals surface area (Å²) in [6.07, 6.45) is 21.1. The number of benzene rings is 1. The summed E-state index contributed by atoms with van der Waals surface area (Å²) in [5.41, 5.74) is 11.0. The first-order valence-corrected chi connectivity index (χ1v) is 13.4. The Kier molecular flexibility index (Phi) is 5.59. The molecule has 0 aliphatic carbocycles. The number of fused-ring (bicyclic) bond motifs is 5. The number of allylic oxidation sites excluding steroid dienone is 8. The second kappa shape index (κ2) is 9.40. The van der Waals surface area contributed by atoms with Gasteiger partial charge in [0.25, 0.3) is 0 Å². The van der Waals surface area contributed by atoms with Crippen molar-refractivity contribution in [1.82, 2.24) is 14.8 Å². The molecule has 0 fully saturated rings. The largest absolute Gasteiger partial charge is 0.355 e. The minimum atomic E-state index is 0.872. The van der Waals surface area contributed by atoms with Crippen LogP contribution in [0.5, 0.6) is 0 Å². The number of hydrogen-bond donors (Lipinski definition) is 2. The first kappa shape index (κ1) is 23.2. The Bertz CT molecular complexity index is 1690. The normalized spacial score (nSPS) is 19.3. The van der Waals surface area contributed by atoms with Crippen molar-refractivity contribution in [2.75, 3.05) is 13.1 Å². The molecule has 39 heavy (non-hydrogen) atoms. The molecule has 1 aromatic carbocycles. The van der Waals surface area contributed by atoms with Gasteiger partial charge in [-0.3, -0.25) is 0 Å². The van der Waals surface area contributed by atoms with Gasteiger partial charge >= 0.3 is 0 Å². The lowest BCUT2D eigenvalue weighted by molar-refractivity contribution is -0.385. The standard InChI is InChI=1S/C33H28N6/c1-3-38-18-19-39(4-2)33(38)32-29-16-12-25(36-29)20-23-10-14-27(34-23)31(22-8-6-5-7-9-22)28-15-11-24(35-28)21-26-13-17-30(32)37-26/h5-21,34H,3-4H2,1-2H3/p+1. The van der Waals surface area contributed by atoms with Crippen molar-refractivity contribution in [2.45, 2.75) is 13.8 Å². The van der Waals surface area contributed by atoms with Crippen molar-refractivity contribution in [2.24, 2.45) is 9.98 Å². The molecule has 6 heteroatoms. The van der Waals surface area contributed by atoms with Crippen LogP contribution in [0.15, 0.2) is 136 Å². The maximum atomic E-state index is 5.10. The molecule has 0 spiro atoms. The maximum absolute atomic E-state index is 5.10. The van der Waals surface area contributed by atoms with Gasteiger partial charge in [0.1, 0.15) is 11.4 Å². The number of rotatable bonds is 3. The van der Waals surface area contributed by atoms with Crippen LogP contribution in [-0.2, 0) is 0 Å². The second-order valence-electron chi connectivity index (χ2n) is 9.76. The van der Waals surface area contributed by atoms with E-state index in [9.17, 15) is 0 Å². The van der Waals surface area contributed by atoms with Gasteiger partial charge < -0.3 is 14.8 Å². The molecular weight excluding hydrogens is 480 g/mol. The first-order chi connectivity index (χ1) is 19.2. The smallest absolute Gasteiger partial charge is 0.217 e. The van der Waals surface area contributed by atoms with Gasteiger partial charge in [-0.2, -0.15) is 0 Å². The molecule has 0 unspecified atom stereocenters. The summed E-state index contributed by atoms with van der Waals surface area (Å²) in [7, 11) is 0. The molecule has 0 saturated heterocycles. The van der Waals surface area contributed by atoms with Crippen LogP contribution in [0, 0.1) is 0 Å². The highest BCUT2D eigenvalue weighted by atomic mass is 15.4. The lowest BCUT2D eigenvalue weighted by Gasteiger charge is -2.25. The van der Waals surface area contributed by atoms with Crippen molar-refractivity contribution < 1.29 is 4.99 Å². The topological polar surface area (TPSA) is 61.0 Å². The van der Waals surface area contributed by atoms with E-state index >= 15 is 0 Å². The van der Waals surface area contributed by atoms with Crippen molar-refractivity contribution in [3.05, 3.63) is 143 Å². The van der Waals surface area contributed by atoms with E-state index in [1.165, 1.54) is 0 Å². The molecular formula is C33H29N6+. The van der Waals surface area contributed by atoms with Crippen LogP contribution in [-0.4, -0.2) is 45.0 Å². The van der Waals surface area contributed by atoms with Crippen molar-refractivity contribution >= 4 is 28.8 Å². The molecule has 0 amide bonds. The first-order valence-electron chi connectivity index (χ1n) is 13.4.